The van der Waals surface area contributed by atoms with Gasteiger partial charge in [0.05, 0.1) is 19.1 Å². The fourth-order valence-electron chi connectivity index (χ4n) is 1.87. The summed E-state index contributed by atoms with van der Waals surface area (Å²) in [6, 6.07) is 9.77. The Balaban J connectivity index is 2.22. The highest BCUT2D eigenvalue weighted by Gasteiger charge is 2.32. The lowest BCUT2D eigenvalue weighted by atomic mass is 9.94. The lowest BCUT2D eigenvalue weighted by molar-refractivity contribution is -0.145. The number of ether oxygens (including phenoxy) is 1. The van der Waals surface area contributed by atoms with E-state index in [1.54, 1.807) is 6.21 Å². The third kappa shape index (κ3) is 1.91. The van der Waals surface area contributed by atoms with Crippen LogP contribution in [0.1, 0.15) is 18.0 Å². The van der Waals surface area contributed by atoms with Crippen LogP contribution >= 0.6 is 0 Å². The minimum absolute atomic E-state index is 0.0707. The second kappa shape index (κ2) is 4.26. The van der Waals surface area contributed by atoms with Crippen molar-refractivity contribution in [2.75, 3.05) is 7.11 Å². The molecular formula is C12H13NO2. The van der Waals surface area contributed by atoms with Crippen molar-refractivity contribution in [2.24, 2.45) is 10.9 Å². The van der Waals surface area contributed by atoms with Gasteiger partial charge in [0.1, 0.15) is 0 Å². The van der Waals surface area contributed by atoms with Gasteiger partial charge in [-0.25, -0.2) is 0 Å². The summed E-state index contributed by atoms with van der Waals surface area (Å²) in [4.78, 5) is 15.8. The Labute approximate surface area is 88.8 Å². The Morgan fingerprint density at radius 1 is 1.40 bits per heavy atom. The van der Waals surface area contributed by atoms with Gasteiger partial charge in [-0.1, -0.05) is 30.3 Å². The lowest BCUT2D eigenvalue weighted by Crippen LogP contribution is -2.19. The van der Waals surface area contributed by atoms with Gasteiger partial charge in [0.2, 0.25) is 0 Å². The largest absolute Gasteiger partial charge is 0.469 e. The zero-order valence-corrected chi connectivity index (χ0v) is 8.59. The summed E-state index contributed by atoms with van der Waals surface area (Å²) in [7, 11) is 1.42. The number of nitrogens with zero attached hydrogens (tertiary/aromatic N) is 1. The molecule has 0 bridgehead atoms. The summed E-state index contributed by atoms with van der Waals surface area (Å²) < 4.78 is 4.77. The first-order valence-corrected chi connectivity index (χ1v) is 4.97. The van der Waals surface area contributed by atoms with Gasteiger partial charge in [-0.15, -0.1) is 0 Å². The van der Waals surface area contributed by atoms with E-state index >= 15 is 0 Å². The zero-order chi connectivity index (χ0) is 10.7. The molecule has 2 rings (SSSR count). The third-order valence-electron chi connectivity index (χ3n) is 2.65. The molecule has 1 heterocycles. The van der Waals surface area contributed by atoms with Crippen LogP contribution in [0.5, 0.6) is 0 Å². The summed E-state index contributed by atoms with van der Waals surface area (Å²) in [5, 5.41) is 0. The van der Waals surface area contributed by atoms with Crippen molar-refractivity contribution in [1.82, 2.24) is 0 Å². The fourth-order valence-corrected chi connectivity index (χ4v) is 1.87. The predicted octanol–water partition coefficient (Wildman–Crippen LogP) is 1.99. The topological polar surface area (TPSA) is 38.7 Å². The van der Waals surface area contributed by atoms with Crippen LogP contribution in [0.4, 0.5) is 0 Å². The number of hydrogen-bond acceptors (Lipinski definition) is 3. The minimum atomic E-state index is -0.179. The van der Waals surface area contributed by atoms with Crippen LogP contribution in [-0.2, 0) is 9.53 Å². The van der Waals surface area contributed by atoms with Crippen molar-refractivity contribution in [1.29, 1.82) is 0 Å². The molecule has 0 saturated heterocycles. The maximum atomic E-state index is 11.5. The molecule has 0 spiro atoms. The minimum Gasteiger partial charge on any atom is -0.469 e. The first-order valence-electron chi connectivity index (χ1n) is 4.97. The van der Waals surface area contributed by atoms with E-state index in [2.05, 4.69) is 4.99 Å². The van der Waals surface area contributed by atoms with Crippen molar-refractivity contribution in [3.63, 3.8) is 0 Å². The van der Waals surface area contributed by atoms with E-state index < -0.39 is 0 Å². The molecule has 0 radical (unpaired) electrons. The molecule has 3 heteroatoms. The molecule has 0 aromatic heterocycles. The second-order valence-corrected chi connectivity index (χ2v) is 3.55. The van der Waals surface area contributed by atoms with E-state index in [4.69, 9.17) is 4.74 Å². The van der Waals surface area contributed by atoms with Crippen molar-refractivity contribution < 1.29 is 9.53 Å². The van der Waals surface area contributed by atoms with Gasteiger partial charge in [0.25, 0.3) is 0 Å². The van der Waals surface area contributed by atoms with Gasteiger partial charge in [0, 0.05) is 6.21 Å². The van der Waals surface area contributed by atoms with Crippen molar-refractivity contribution in [3.8, 4) is 0 Å². The third-order valence-corrected chi connectivity index (χ3v) is 2.65. The number of methoxy groups -OCH3 is 1. The quantitative estimate of drug-likeness (QED) is 0.689. The number of aliphatic imine (C=N–C) groups is 1. The molecule has 15 heavy (non-hydrogen) atoms. The molecule has 0 fully saturated rings. The van der Waals surface area contributed by atoms with E-state index in [1.165, 1.54) is 7.11 Å². The molecule has 2 atom stereocenters. The number of esters is 1. The molecule has 1 aromatic carbocycles. The maximum Gasteiger partial charge on any atom is 0.311 e. The van der Waals surface area contributed by atoms with Gasteiger partial charge in [0.15, 0.2) is 0 Å². The molecule has 1 aromatic rings. The van der Waals surface area contributed by atoms with Crippen LogP contribution < -0.4 is 0 Å². The average molecular weight is 203 g/mol. The predicted molar refractivity (Wildman–Crippen MR) is 57.8 cm³/mol. The van der Waals surface area contributed by atoms with E-state index in [9.17, 15) is 4.79 Å². The monoisotopic (exact) mass is 203 g/mol. The number of benzene rings is 1. The van der Waals surface area contributed by atoms with Crippen molar-refractivity contribution in [3.05, 3.63) is 35.9 Å². The molecular weight excluding hydrogens is 190 g/mol. The van der Waals surface area contributed by atoms with Crippen LogP contribution in [0.15, 0.2) is 35.3 Å². The van der Waals surface area contributed by atoms with Crippen LogP contribution in [0.25, 0.3) is 0 Å². The van der Waals surface area contributed by atoms with Gasteiger partial charge >= 0.3 is 5.97 Å². The maximum absolute atomic E-state index is 11.5. The molecule has 0 amide bonds. The van der Waals surface area contributed by atoms with E-state index in [0.717, 1.165) is 5.56 Å². The van der Waals surface area contributed by atoms with Crippen molar-refractivity contribution in [2.45, 2.75) is 12.5 Å². The molecule has 1 aliphatic heterocycles. The number of rotatable bonds is 2. The molecule has 78 valence electrons. The zero-order valence-electron chi connectivity index (χ0n) is 8.59. The fraction of sp³-hybridized carbons (Fsp3) is 0.333. The summed E-state index contributed by atoms with van der Waals surface area (Å²) >= 11 is 0. The first-order chi connectivity index (χ1) is 7.33. The number of carbonyl (C=O) groups excluding carboxylic acids is 1. The molecule has 0 aliphatic carbocycles. The summed E-state index contributed by atoms with van der Waals surface area (Å²) in [5.41, 5.74) is 1.07. The summed E-state index contributed by atoms with van der Waals surface area (Å²) in [6.45, 7) is 0. The molecule has 2 unspecified atom stereocenters. The number of carbonyl (C=O) groups is 1. The van der Waals surface area contributed by atoms with Gasteiger partial charge in [-0.05, 0) is 12.0 Å². The molecule has 3 nitrogen and oxygen atoms in total. The van der Waals surface area contributed by atoms with E-state index in [-0.39, 0.29) is 17.9 Å². The average Bonchev–Trinajstić information content (AvgIpc) is 2.78. The Hall–Kier alpha value is -1.64. The van der Waals surface area contributed by atoms with Gasteiger partial charge < -0.3 is 4.74 Å². The highest BCUT2D eigenvalue weighted by atomic mass is 16.5. The van der Waals surface area contributed by atoms with Crippen LogP contribution in [-0.4, -0.2) is 19.3 Å². The molecule has 1 aliphatic rings. The smallest absolute Gasteiger partial charge is 0.311 e. The highest BCUT2D eigenvalue weighted by Crippen LogP contribution is 2.32. The Morgan fingerprint density at radius 3 is 2.80 bits per heavy atom. The lowest BCUT2D eigenvalue weighted by Gasteiger charge is -2.15. The highest BCUT2D eigenvalue weighted by molar-refractivity contribution is 5.80. The van der Waals surface area contributed by atoms with Gasteiger partial charge in [-0.2, -0.15) is 0 Å². The number of hydrogen-bond donors (Lipinski definition) is 0. The van der Waals surface area contributed by atoms with Crippen LogP contribution in [0.3, 0.4) is 0 Å². The van der Waals surface area contributed by atoms with E-state index in [0.29, 0.717) is 6.42 Å². The molecule has 0 N–H and O–H groups in total. The molecule has 0 saturated carbocycles. The normalized spacial score (nSPS) is 24.1. The van der Waals surface area contributed by atoms with E-state index in [1.807, 2.05) is 30.3 Å². The first kappa shape index (κ1) is 9.90. The Kier molecular flexibility index (Phi) is 2.81. The van der Waals surface area contributed by atoms with Gasteiger partial charge in [-0.3, -0.25) is 9.79 Å². The Bertz CT molecular complexity index is 372. The van der Waals surface area contributed by atoms with Crippen LogP contribution in [0, 0.1) is 5.92 Å². The second-order valence-electron chi connectivity index (χ2n) is 3.55. The summed E-state index contributed by atoms with van der Waals surface area (Å²) in [6.07, 6.45) is 2.48. The summed E-state index contributed by atoms with van der Waals surface area (Å²) in [5.74, 6) is -0.334. The Morgan fingerprint density at radius 2 is 2.13 bits per heavy atom. The SMILES string of the molecule is COC(=O)C1CC=NC1c1ccccc1. The standard InChI is InChI=1S/C12H13NO2/c1-15-12(14)10-7-8-13-11(10)9-5-3-2-4-6-9/h2-6,8,10-11H,7H2,1H3. The van der Waals surface area contributed by atoms with Crippen LogP contribution in [0.2, 0.25) is 0 Å². The van der Waals surface area contributed by atoms with Crippen molar-refractivity contribution >= 4 is 12.2 Å².